The lowest BCUT2D eigenvalue weighted by Crippen LogP contribution is -2.35. The molecule has 114 valence electrons. The van der Waals surface area contributed by atoms with Gasteiger partial charge in [-0.1, -0.05) is 0 Å². The molecule has 2 aliphatic heterocycles. The molecule has 4 nitrogen and oxygen atoms in total. The molecule has 2 fully saturated rings. The van der Waals surface area contributed by atoms with E-state index < -0.39 is 0 Å². The first-order valence-electron chi connectivity index (χ1n) is 7.93. The number of aromatic hydroxyl groups is 1. The van der Waals surface area contributed by atoms with E-state index in [1.807, 2.05) is 6.07 Å². The molecule has 1 aromatic carbocycles. The second-order valence-corrected chi connectivity index (χ2v) is 6.32. The third-order valence-electron chi connectivity index (χ3n) is 4.78. The Kier molecular flexibility index (Phi) is 4.27. The average molecular weight is 288 g/mol. The second-order valence-electron chi connectivity index (χ2n) is 6.32. The van der Waals surface area contributed by atoms with Crippen LogP contribution in [0.1, 0.15) is 42.1 Å². The van der Waals surface area contributed by atoms with Crippen molar-refractivity contribution in [3.8, 4) is 5.75 Å². The first kappa shape index (κ1) is 14.5. The van der Waals surface area contributed by atoms with Crippen molar-refractivity contribution in [2.45, 2.75) is 38.8 Å². The van der Waals surface area contributed by atoms with Crippen LogP contribution in [0.5, 0.6) is 5.75 Å². The number of phenols is 1. The fraction of sp³-hybridized carbons (Fsp3) is 0.588. The highest BCUT2D eigenvalue weighted by Gasteiger charge is 2.29. The Morgan fingerprint density at radius 2 is 2.05 bits per heavy atom. The molecule has 0 spiro atoms. The molecule has 1 atom stereocenters. The van der Waals surface area contributed by atoms with E-state index >= 15 is 0 Å². The predicted molar refractivity (Wildman–Crippen MR) is 82.6 cm³/mol. The summed E-state index contributed by atoms with van der Waals surface area (Å²) in [5.41, 5.74) is 1.54. The van der Waals surface area contributed by atoms with Gasteiger partial charge in [0.2, 0.25) is 0 Å². The van der Waals surface area contributed by atoms with Gasteiger partial charge in [-0.2, -0.15) is 0 Å². The topological polar surface area (TPSA) is 43.8 Å². The van der Waals surface area contributed by atoms with Gasteiger partial charge in [0, 0.05) is 36.8 Å². The van der Waals surface area contributed by atoms with E-state index in [9.17, 15) is 9.90 Å². The minimum atomic E-state index is 0.0487. The number of rotatable bonds is 4. The van der Waals surface area contributed by atoms with Gasteiger partial charge in [-0.25, -0.2) is 0 Å². The van der Waals surface area contributed by atoms with Crippen LogP contribution in [0.2, 0.25) is 0 Å². The number of likely N-dealkylation sites (tertiary alicyclic amines) is 2. The number of hydrogen-bond donors (Lipinski definition) is 1. The first-order chi connectivity index (χ1) is 10.1. The quantitative estimate of drug-likeness (QED) is 0.863. The third kappa shape index (κ3) is 3.27. The molecule has 0 amide bonds. The summed E-state index contributed by atoms with van der Waals surface area (Å²) in [4.78, 5) is 16.5. The van der Waals surface area contributed by atoms with Crippen molar-refractivity contribution in [3.63, 3.8) is 0 Å². The Bertz CT molecular complexity index is 524. The van der Waals surface area contributed by atoms with Crippen molar-refractivity contribution in [1.82, 2.24) is 9.80 Å². The van der Waals surface area contributed by atoms with E-state index in [4.69, 9.17) is 0 Å². The summed E-state index contributed by atoms with van der Waals surface area (Å²) in [6.07, 6.45) is 3.88. The molecule has 2 heterocycles. The predicted octanol–water partition coefficient (Wildman–Crippen LogP) is 2.26. The highest BCUT2D eigenvalue weighted by Crippen LogP contribution is 2.25. The Morgan fingerprint density at radius 1 is 1.29 bits per heavy atom. The summed E-state index contributed by atoms with van der Waals surface area (Å²) in [5.74, 6) is 0.345. The highest BCUT2D eigenvalue weighted by atomic mass is 16.3. The normalized spacial score (nSPS) is 23.8. The molecule has 1 N–H and O–H groups in total. The van der Waals surface area contributed by atoms with Crippen molar-refractivity contribution in [1.29, 1.82) is 0 Å². The van der Waals surface area contributed by atoms with Crippen LogP contribution in [0.25, 0.3) is 0 Å². The zero-order valence-electron chi connectivity index (χ0n) is 12.7. The van der Waals surface area contributed by atoms with E-state index in [2.05, 4.69) is 9.80 Å². The lowest BCUT2D eigenvalue weighted by Gasteiger charge is -2.24. The zero-order valence-corrected chi connectivity index (χ0v) is 12.7. The van der Waals surface area contributed by atoms with Crippen LogP contribution in [0.4, 0.5) is 0 Å². The molecule has 0 radical (unpaired) electrons. The number of carbonyl (C=O) groups excluding carboxylic acids is 1. The summed E-state index contributed by atoms with van der Waals surface area (Å²) in [5, 5.41) is 10.0. The van der Waals surface area contributed by atoms with Gasteiger partial charge in [0.25, 0.3) is 0 Å². The number of ketones is 1. The van der Waals surface area contributed by atoms with Crippen LogP contribution in [0, 0.1) is 0 Å². The smallest absolute Gasteiger partial charge is 0.159 e. The molecule has 4 heteroatoms. The van der Waals surface area contributed by atoms with Crippen molar-refractivity contribution < 1.29 is 9.90 Å². The summed E-state index contributed by atoms with van der Waals surface area (Å²) >= 11 is 0. The van der Waals surface area contributed by atoms with E-state index in [-0.39, 0.29) is 5.78 Å². The van der Waals surface area contributed by atoms with Gasteiger partial charge in [0.15, 0.2) is 5.78 Å². The fourth-order valence-corrected chi connectivity index (χ4v) is 3.53. The summed E-state index contributed by atoms with van der Waals surface area (Å²) in [7, 11) is 0. The van der Waals surface area contributed by atoms with Crippen molar-refractivity contribution in [3.05, 3.63) is 29.3 Å². The molecule has 3 rings (SSSR count). The van der Waals surface area contributed by atoms with E-state index in [0.29, 0.717) is 17.4 Å². The summed E-state index contributed by atoms with van der Waals surface area (Å²) in [6, 6.07) is 5.84. The Labute approximate surface area is 126 Å². The van der Waals surface area contributed by atoms with Gasteiger partial charge in [-0.05, 0) is 57.5 Å². The van der Waals surface area contributed by atoms with Gasteiger partial charge in [-0.3, -0.25) is 14.6 Å². The standard InChI is InChI=1S/C17H24N2O2/c1-13(20)14-4-5-17(21)15(10-14)11-18-9-6-16(12-18)19-7-2-3-8-19/h4-5,10,16,21H,2-3,6-9,11-12H2,1H3. The Morgan fingerprint density at radius 3 is 2.76 bits per heavy atom. The minimum absolute atomic E-state index is 0.0487. The highest BCUT2D eigenvalue weighted by molar-refractivity contribution is 5.94. The first-order valence-corrected chi connectivity index (χ1v) is 7.93. The van der Waals surface area contributed by atoms with E-state index in [0.717, 1.165) is 25.2 Å². The minimum Gasteiger partial charge on any atom is -0.508 e. The van der Waals surface area contributed by atoms with Gasteiger partial charge >= 0.3 is 0 Å². The van der Waals surface area contributed by atoms with E-state index in [1.165, 1.54) is 32.4 Å². The SMILES string of the molecule is CC(=O)c1ccc(O)c(CN2CCC(N3CCCC3)C2)c1. The van der Waals surface area contributed by atoms with Gasteiger partial charge in [-0.15, -0.1) is 0 Å². The molecular weight excluding hydrogens is 264 g/mol. The molecule has 1 aromatic rings. The van der Waals surface area contributed by atoms with Crippen LogP contribution < -0.4 is 0 Å². The lowest BCUT2D eigenvalue weighted by atomic mass is 10.1. The molecule has 0 saturated carbocycles. The average Bonchev–Trinajstić information content (AvgIpc) is 3.11. The van der Waals surface area contributed by atoms with Crippen LogP contribution >= 0.6 is 0 Å². The number of benzene rings is 1. The van der Waals surface area contributed by atoms with E-state index in [1.54, 1.807) is 19.1 Å². The van der Waals surface area contributed by atoms with Gasteiger partial charge in [0.1, 0.15) is 5.75 Å². The van der Waals surface area contributed by atoms with Crippen molar-refractivity contribution in [2.75, 3.05) is 26.2 Å². The fourth-order valence-electron chi connectivity index (χ4n) is 3.53. The van der Waals surface area contributed by atoms with Crippen LogP contribution in [0.3, 0.4) is 0 Å². The van der Waals surface area contributed by atoms with Gasteiger partial charge < -0.3 is 5.11 Å². The summed E-state index contributed by atoms with van der Waals surface area (Å²) < 4.78 is 0. The molecule has 1 unspecified atom stereocenters. The molecule has 2 aliphatic rings. The molecule has 21 heavy (non-hydrogen) atoms. The van der Waals surface area contributed by atoms with Crippen molar-refractivity contribution >= 4 is 5.78 Å². The largest absolute Gasteiger partial charge is 0.508 e. The monoisotopic (exact) mass is 288 g/mol. The Hall–Kier alpha value is -1.39. The number of nitrogens with zero attached hydrogens (tertiary/aromatic N) is 2. The van der Waals surface area contributed by atoms with Crippen LogP contribution in [-0.4, -0.2) is 52.9 Å². The number of carbonyl (C=O) groups is 1. The van der Waals surface area contributed by atoms with Gasteiger partial charge in [0.05, 0.1) is 0 Å². The number of phenolic OH excluding ortho intramolecular Hbond substituents is 1. The zero-order chi connectivity index (χ0) is 14.8. The number of hydrogen-bond acceptors (Lipinski definition) is 4. The summed E-state index contributed by atoms with van der Waals surface area (Å²) in [6.45, 7) is 6.93. The molecular formula is C17H24N2O2. The molecule has 0 aliphatic carbocycles. The Balaban J connectivity index is 1.64. The molecule has 0 bridgehead atoms. The molecule has 2 saturated heterocycles. The maximum atomic E-state index is 11.5. The van der Waals surface area contributed by atoms with Crippen LogP contribution in [-0.2, 0) is 6.54 Å². The second kappa shape index (κ2) is 6.16. The maximum Gasteiger partial charge on any atom is 0.159 e. The lowest BCUT2D eigenvalue weighted by molar-refractivity contribution is 0.101. The van der Waals surface area contributed by atoms with Crippen LogP contribution in [0.15, 0.2) is 18.2 Å². The number of Topliss-reactive ketones (excluding diaryl/α,β-unsaturated/α-hetero) is 1. The maximum absolute atomic E-state index is 11.5. The van der Waals surface area contributed by atoms with Crippen molar-refractivity contribution in [2.24, 2.45) is 0 Å². The third-order valence-corrected chi connectivity index (χ3v) is 4.78. The molecule has 0 aromatic heterocycles.